The summed E-state index contributed by atoms with van der Waals surface area (Å²) in [6.45, 7) is 1.63. The van der Waals surface area contributed by atoms with E-state index < -0.39 is 11.6 Å². The lowest BCUT2D eigenvalue weighted by Crippen LogP contribution is -2.37. The molecule has 0 aromatic carbocycles. The lowest BCUT2D eigenvalue weighted by Gasteiger charge is -2.08. The zero-order valence-electron chi connectivity index (χ0n) is 8.48. The Balaban J connectivity index is 3.09. The Morgan fingerprint density at radius 2 is 2.40 bits per heavy atom. The molecule has 0 spiro atoms. The van der Waals surface area contributed by atoms with Crippen LogP contribution in [0.1, 0.15) is 5.69 Å². The summed E-state index contributed by atoms with van der Waals surface area (Å²) in [5, 5.41) is 0.641. The van der Waals surface area contributed by atoms with Crippen LogP contribution in [-0.4, -0.2) is 21.7 Å². The first-order chi connectivity index (χ1) is 7.08. The number of carbonyl (C=O) groups excluding carboxylic acids is 1. The van der Waals surface area contributed by atoms with Crippen LogP contribution in [0.3, 0.4) is 0 Å². The van der Waals surface area contributed by atoms with Gasteiger partial charge in [-0.2, -0.15) is 4.98 Å². The second-order valence-electron chi connectivity index (χ2n) is 2.88. The van der Waals surface area contributed by atoms with Crippen molar-refractivity contribution in [2.24, 2.45) is 5.84 Å². The fraction of sp³-hybridized carbons (Fsp3) is 0.375. The highest BCUT2D eigenvalue weighted by Gasteiger charge is 2.07. The van der Waals surface area contributed by atoms with Crippen molar-refractivity contribution in [1.82, 2.24) is 15.0 Å². The van der Waals surface area contributed by atoms with Gasteiger partial charge in [0, 0.05) is 5.69 Å². The molecule has 1 rings (SSSR count). The topological polar surface area (TPSA) is 90.0 Å². The molecule has 3 N–H and O–H groups in total. The maximum atomic E-state index is 11.5. The molecule has 0 unspecified atom stereocenters. The molecule has 6 nitrogen and oxygen atoms in total. The summed E-state index contributed by atoms with van der Waals surface area (Å²) in [6.07, 6.45) is 1.83. The minimum atomic E-state index is -0.442. The molecule has 0 fully saturated rings. The average Bonchev–Trinajstić information content (AvgIpc) is 2.22. The number of thioether (sulfide) groups is 1. The van der Waals surface area contributed by atoms with Gasteiger partial charge in [-0.25, -0.2) is 10.6 Å². The van der Waals surface area contributed by atoms with Crippen molar-refractivity contribution in [3.8, 4) is 0 Å². The predicted molar refractivity (Wildman–Crippen MR) is 57.3 cm³/mol. The molecule has 82 valence electrons. The third-order valence-electron chi connectivity index (χ3n) is 1.87. The van der Waals surface area contributed by atoms with E-state index in [1.807, 2.05) is 11.7 Å². The molecule has 0 atom stereocenters. The number of nitrogens with two attached hydrogens (primary N) is 1. The average molecular weight is 228 g/mol. The molecular weight excluding hydrogens is 216 g/mol. The summed E-state index contributed by atoms with van der Waals surface area (Å²) >= 11 is 1.38. The van der Waals surface area contributed by atoms with Crippen LogP contribution in [-0.2, 0) is 11.3 Å². The molecule has 1 amide bonds. The highest BCUT2D eigenvalue weighted by Crippen LogP contribution is 2.09. The van der Waals surface area contributed by atoms with Crippen LogP contribution in [0.2, 0.25) is 0 Å². The van der Waals surface area contributed by atoms with E-state index in [4.69, 9.17) is 5.84 Å². The van der Waals surface area contributed by atoms with E-state index in [-0.39, 0.29) is 6.54 Å². The molecule has 1 heterocycles. The fourth-order valence-electron chi connectivity index (χ4n) is 1.08. The Kier molecular flexibility index (Phi) is 3.87. The first-order valence-electron chi connectivity index (χ1n) is 4.20. The Labute approximate surface area is 90.8 Å². The smallest absolute Gasteiger partial charge is 0.293 e. The van der Waals surface area contributed by atoms with Gasteiger partial charge in [0.15, 0.2) is 0 Å². The predicted octanol–water partition coefficient (Wildman–Crippen LogP) is -0.736. The normalized spacial score (nSPS) is 10.1. The Bertz CT molecular complexity index is 429. The molecule has 0 saturated carbocycles. The Morgan fingerprint density at radius 1 is 1.73 bits per heavy atom. The van der Waals surface area contributed by atoms with E-state index in [2.05, 4.69) is 4.98 Å². The highest BCUT2D eigenvalue weighted by molar-refractivity contribution is 7.98. The summed E-state index contributed by atoms with van der Waals surface area (Å²) in [7, 11) is 0. The number of aryl methyl sites for hydroxylation is 1. The van der Waals surface area contributed by atoms with Crippen molar-refractivity contribution in [2.75, 3.05) is 6.26 Å². The summed E-state index contributed by atoms with van der Waals surface area (Å²) in [6, 6.07) is 1.75. The lowest BCUT2D eigenvalue weighted by molar-refractivity contribution is -0.121. The van der Waals surface area contributed by atoms with Crippen LogP contribution in [0, 0.1) is 6.92 Å². The minimum Gasteiger partial charge on any atom is -0.293 e. The summed E-state index contributed by atoms with van der Waals surface area (Å²) in [5.41, 5.74) is 2.21. The van der Waals surface area contributed by atoms with Crippen LogP contribution >= 0.6 is 11.8 Å². The number of rotatable bonds is 3. The molecule has 0 bridgehead atoms. The zero-order valence-corrected chi connectivity index (χ0v) is 9.30. The van der Waals surface area contributed by atoms with Gasteiger partial charge in [0.2, 0.25) is 0 Å². The molecule has 0 saturated heterocycles. The molecule has 7 heteroatoms. The van der Waals surface area contributed by atoms with E-state index in [0.717, 1.165) is 0 Å². The molecule has 15 heavy (non-hydrogen) atoms. The van der Waals surface area contributed by atoms with E-state index >= 15 is 0 Å². The van der Waals surface area contributed by atoms with E-state index in [0.29, 0.717) is 10.7 Å². The first kappa shape index (κ1) is 11.7. The molecule has 1 aromatic heterocycles. The third kappa shape index (κ3) is 2.80. The first-order valence-corrected chi connectivity index (χ1v) is 5.43. The van der Waals surface area contributed by atoms with Crippen molar-refractivity contribution in [1.29, 1.82) is 0 Å². The number of nitrogens with zero attached hydrogens (tertiary/aromatic N) is 2. The Morgan fingerprint density at radius 3 is 2.87 bits per heavy atom. The quantitative estimate of drug-likeness (QED) is 0.234. The lowest BCUT2D eigenvalue weighted by atomic mass is 10.4. The van der Waals surface area contributed by atoms with Gasteiger partial charge in [0.05, 0.1) is 0 Å². The maximum absolute atomic E-state index is 11.5. The molecule has 0 aliphatic heterocycles. The van der Waals surface area contributed by atoms with Gasteiger partial charge < -0.3 is 0 Å². The standard InChI is InChI=1S/C8H12N4O2S/c1-5-3-7(15-2)10-8(14)12(5)4-6(13)11-9/h3H,4,9H2,1-2H3,(H,11,13). The van der Waals surface area contributed by atoms with Gasteiger partial charge in [-0.1, -0.05) is 0 Å². The number of amides is 1. The molecule has 0 radical (unpaired) electrons. The van der Waals surface area contributed by atoms with Crippen LogP contribution in [0.5, 0.6) is 0 Å². The van der Waals surface area contributed by atoms with Gasteiger partial charge in [-0.15, -0.1) is 11.8 Å². The molecule has 1 aromatic rings. The van der Waals surface area contributed by atoms with Crippen LogP contribution < -0.4 is 17.0 Å². The van der Waals surface area contributed by atoms with Crippen LogP contribution in [0.25, 0.3) is 0 Å². The SMILES string of the molecule is CSc1cc(C)n(CC(=O)NN)c(=O)n1. The Hall–Kier alpha value is -1.34. The second kappa shape index (κ2) is 4.94. The second-order valence-corrected chi connectivity index (χ2v) is 3.70. The number of hydrazine groups is 1. The van der Waals surface area contributed by atoms with Gasteiger partial charge in [0.1, 0.15) is 11.6 Å². The third-order valence-corrected chi connectivity index (χ3v) is 2.49. The van der Waals surface area contributed by atoms with Gasteiger partial charge in [-0.3, -0.25) is 14.8 Å². The monoisotopic (exact) mass is 228 g/mol. The number of aromatic nitrogens is 2. The van der Waals surface area contributed by atoms with Crippen molar-refractivity contribution in [3.05, 3.63) is 22.2 Å². The van der Waals surface area contributed by atoms with Crippen LogP contribution in [0.15, 0.2) is 15.9 Å². The number of nitrogens with one attached hydrogen (secondary N) is 1. The van der Waals surface area contributed by atoms with Crippen molar-refractivity contribution >= 4 is 17.7 Å². The van der Waals surface area contributed by atoms with Crippen LogP contribution in [0.4, 0.5) is 0 Å². The van der Waals surface area contributed by atoms with Gasteiger partial charge >= 0.3 is 5.69 Å². The van der Waals surface area contributed by atoms with E-state index in [1.54, 1.807) is 13.0 Å². The largest absolute Gasteiger partial charge is 0.349 e. The number of hydrogen-bond acceptors (Lipinski definition) is 5. The van der Waals surface area contributed by atoms with Gasteiger partial charge in [-0.05, 0) is 19.2 Å². The molecule has 0 aliphatic carbocycles. The summed E-state index contributed by atoms with van der Waals surface area (Å²) in [4.78, 5) is 26.3. The van der Waals surface area contributed by atoms with Crippen molar-refractivity contribution < 1.29 is 4.79 Å². The molecule has 0 aliphatic rings. The minimum absolute atomic E-state index is 0.108. The summed E-state index contributed by atoms with van der Waals surface area (Å²) in [5.74, 6) is 4.51. The maximum Gasteiger partial charge on any atom is 0.349 e. The summed E-state index contributed by atoms with van der Waals surface area (Å²) < 4.78 is 1.27. The fourth-order valence-corrected chi connectivity index (χ4v) is 1.54. The number of carbonyl (C=O) groups is 1. The van der Waals surface area contributed by atoms with E-state index in [9.17, 15) is 9.59 Å². The zero-order chi connectivity index (χ0) is 11.4. The van der Waals surface area contributed by atoms with E-state index in [1.165, 1.54) is 16.3 Å². The van der Waals surface area contributed by atoms with Gasteiger partial charge in [0.25, 0.3) is 5.91 Å². The van der Waals surface area contributed by atoms with Crippen molar-refractivity contribution in [3.63, 3.8) is 0 Å². The molecular formula is C8H12N4O2S. The van der Waals surface area contributed by atoms with Crippen molar-refractivity contribution in [2.45, 2.75) is 18.5 Å². The highest BCUT2D eigenvalue weighted by atomic mass is 32.2. The number of hydrogen-bond donors (Lipinski definition) is 2.